The molecule has 1 aliphatic heterocycles. The van der Waals surface area contributed by atoms with Crippen molar-refractivity contribution in [3.63, 3.8) is 0 Å². The van der Waals surface area contributed by atoms with Gasteiger partial charge >= 0.3 is 6.09 Å². The van der Waals surface area contributed by atoms with Crippen molar-refractivity contribution in [3.8, 4) is 11.5 Å². The monoisotopic (exact) mass is 431 g/mol. The van der Waals surface area contributed by atoms with Crippen molar-refractivity contribution in [2.75, 3.05) is 13.7 Å². The van der Waals surface area contributed by atoms with Crippen molar-refractivity contribution >= 4 is 12.0 Å². The molecule has 6 nitrogen and oxygen atoms in total. The van der Waals surface area contributed by atoms with Crippen LogP contribution in [-0.4, -0.2) is 36.7 Å². The molecule has 1 atom stereocenters. The summed E-state index contributed by atoms with van der Waals surface area (Å²) in [6.45, 7) is 0.616. The average molecular weight is 431 g/mol. The van der Waals surface area contributed by atoms with Crippen molar-refractivity contribution in [1.29, 1.82) is 0 Å². The van der Waals surface area contributed by atoms with Gasteiger partial charge in [-0.2, -0.15) is 0 Å². The maximum Gasteiger partial charge on any atom is 0.416 e. The van der Waals surface area contributed by atoms with Crippen LogP contribution in [0.25, 0.3) is 0 Å². The number of methoxy groups -OCH3 is 1. The molecule has 0 unspecified atom stereocenters. The zero-order valence-electron chi connectivity index (χ0n) is 17.9. The first-order valence-corrected chi connectivity index (χ1v) is 10.5. The van der Waals surface area contributed by atoms with Gasteiger partial charge in [-0.25, -0.2) is 9.69 Å². The summed E-state index contributed by atoms with van der Waals surface area (Å²) in [5.74, 6) is 0.833. The predicted octanol–water partition coefficient (Wildman–Crippen LogP) is 4.41. The largest absolute Gasteiger partial charge is 0.493 e. The molecule has 6 heteroatoms. The Hall–Kier alpha value is -3.80. The molecule has 3 aromatic carbocycles. The summed E-state index contributed by atoms with van der Waals surface area (Å²) in [4.78, 5) is 26.5. The van der Waals surface area contributed by atoms with Crippen LogP contribution in [0.1, 0.15) is 16.7 Å². The molecule has 0 aromatic heterocycles. The Bertz CT molecular complexity index is 1070. The number of cyclic esters (lactones) is 1. The highest BCUT2D eigenvalue weighted by Crippen LogP contribution is 2.29. The molecule has 0 N–H and O–H groups in total. The first-order chi connectivity index (χ1) is 15.6. The first-order valence-electron chi connectivity index (χ1n) is 10.5. The summed E-state index contributed by atoms with van der Waals surface area (Å²) < 4.78 is 16.5. The third-order valence-electron chi connectivity index (χ3n) is 5.36. The highest BCUT2D eigenvalue weighted by Gasteiger charge is 2.37. The average Bonchev–Trinajstić information content (AvgIpc) is 3.19. The Morgan fingerprint density at radius 1 is 0.938 bits per heavy atom. The van der Waals surface area contributed by atoms with E-state index in [4.69, 9.17) is 14.2 Å². The van der Waals surface area contributed by atoms with Crippen LogP contribution >= 0.6 is 0 Å². The second-order valence-corrected chi connectivity index (χ2v) is 7.62. The molecule has 0 bridgehead atoms. The molecule has 3 aromatic rings. The van der Waals surface area contributed by atoms with E-state index in [0.717, 1.165) is 16.7 Å². The lowest BCUT2D eigenvalue weighted by molar-refractivity contribution is -0.128. The van der Waals surface area contributed by atoms with Gasteiger partial charge in [0.1, 0.15) is 13.2 Å². The minimum absolute atomic E-state index is 0.0652. The lowest BCUT2D eigenvalue weighted by atomic mass is 10.0. The first kappa shape index (κ1) is 21.4. The third kappa shape index (κ3) is 5.09. The van der Waals surface area contributed by atoms with E-state index in [1.165, 1.54) is 4.90 Å². The minimum Gasteiger partial charge on any atom is -0.493 e. The zero-order chi connectivity index (χ0) is 22.3. The van der Waals surface area contributed by atoms with Crippen molar-refractivity contribution in [2.24, 2.45) is 0 Å². The lowest BCUT2D eigenvalue weighted by Crippen LogP contribution is -2.41. The summed E-state index contributed by atoms with van der Waals surface area (Å²) in [7, 11) is 1.56. The zero-order valence-corrected chi connectivity index (χ0v) is 17.9. The quantitative estimate of drug-likeness (QED) is 0.529. The molecule has 164 valence electrons. The minimum atomic E-state index is -0.592. The van der Waals surface area contributed by atoms with E-state index in [0.29, 0.717) is 24.5 Å². The van der Waals surface area contributed by atoms with Crippen molar-refractivity contribution in [1.82, 2.24) is 4.90 Å². The number of amides is 2. The van der Waals surface area contributed by atoms with Gasteiger partial charge < -0.3 is 14.2 Å². The standard InChI is InChI=1S/C26H25NO5/c1-30-24-15-21(12-13-23(24)31-17-20-10-6-3-7-11-20)16-25(28)27-22(18-32-26(27)29)14-19-8-4-2-5-9-19/h2-13,15,22H,14,16-18H2,1H3/t22-/m0/s1. The van der Waals surface area contributed by atoms with Crippen LogP contribution in [0.2, 0.25) is 0 Å². The van der Waals surface area contributed by atoms with Gasteiger partial charge in [-0.15, -0.1) is 0 Å². The summed E-state index contributed by atoms with van der Waals surface area (Å²) in [5.41, 5.74) is 2.83. The maximum absolute atomic E-state index is 13.0. The van der Waals surface area contributed by atoms with E-state index in [2.05, 4.69) is 0 Å². The fourth-order valence-electron chi connectivity index (χ4n) is 3.74. The maximum atomic E-state index is 13.0. The number of carbonyl (C=O) groups excluding carboxylic acids is 2. The van der Waals surface area contributed by atoms with Gasteiger partial charge in [-0.05, 0) is 35.2 Å². The number of hydrogen-bond acceptors (Lipinski definition) is 5. The Labute approximate surface area is 187 Å². The van der Waals surface area contributed by atoms with Crippen molar-refractivity contribution < 1.29 is 23.8 Å². The molecule has 2 amide bonds. The Morgan fingerprint density at radius 3 is 2.31 bits per heavy atom. The molecular weight excluding hydrogens is 406 g/mol. The van der Waals surface area contributed by atoms with Gasteiger partial charge in [0.2, 0.25) is 5.91 Å². The molecule has 1 saturated heterocycles. The lowest BCUT2D eigenvalue weighted by Gasteiger charge is -2.20. The van der Waals surface area contributed by atoms with Gasteiger partial charge in [-0.3, -0.25) is 4.79 Å². The fourth-order valence-corrected chi connectivity index (χ4v) is 3.74. The molecule has 0 radical (unpaired) electrons. The smallest absolute Gasteiger partial charge is 0.416 e. The fraction of sp³-hybridized carbons (Fsp3) is 0.231. The second kappa shape index (κ2) is 10.0. The van der Waals surface area contributed by atoms with Crippen molar-refractivity contribution in [2.45, 2.75) is 25.5 Å². The highest BCUT2D eigenvalue weighted by atomic mass is 16.6. The van der Waals surface area contributed by atoms with Crippen LogP contribution in [0.4, 0.5) is 4.79 Å². The summed E-state index contributed by atoms with van der Waals surface area (Å²) in [6.07, 6.45) is 0.0367. The van der Waals surface area contributed by atoms with E-state index in [1.807, 2.05) is 66.7 Å². The molecule has 32 heavy (non-hydrogen) atoms. The highest BCUT2D eigenvalue weighted by molar-refractivity contribution is 5.94. The summed E-state index contributed by atoms with van der Waals surface area (Å²) in [6, 6.07) is 24.7. The van der Waals surface area contributed by atoms with Crippen LogP contribution < -0.4 is 9.47 Å². The van der Waals surface area contributed by atoms with Crippen LogP contribution in [-0.2, 0) is 29.0 Å². The Balaban J connectivity index is 1.43. The van der Waals surface area contributed by atoms with E-state index in [1.54, 1.807) is 19.2 Å². The summed E-state index contributed by atoms with van der Waals surface area (Å²) in [5, 5.41) is 0. The van der Waals surface area contributed by atoms with Crippen LogP contribution in [0, 0.1) is 0 Å². The number of benzene rings is 3. The number of hydrogen-bond donors (Lipinski definition) is 0. The molecule has 0 spiro atoms. The van der Waals surface area contributed by atoms with Crippen LogP contribution in [0.15, 0.2) is 78.9 Å². The van der Waals surface area contributed by atoms with Gasteiger partial charge in [-0.1, -0.05) is 66.7 Å². The van der Waals surface area contributed by atoms with E-state index >= 15 is 0 Å². The van der Waals surface area contributed by atoms with Gasteiger partial charge in [0.25, 0.3) is 0 Å². The molecule has 0 aliphatic carbocycles. The van der Waals surface area contributed by atoms with Gasteiger partial charge in [0, 0.05) is 0 Å². The second-order valence-electron chi connectivity index (χ2n) is 7.62. The number of carbonyl (C=O) groups is 2. The Kier molecular flexibility index (Phi) is 6.70. The predicted molar refractivity (Wildman–Crippen MR) is 120 cm³/mol. The molecular formula is C26H25NO5. The SMILES string of the molecule is COc1cc(CC(=O)N2C(=O)OC[C@@H]2Cc2ccccc2)ccc1OCc1ccccc1. The van der Waals surface area contributed by atoms with E-state index in [9.17, 15) is 9.59 Å². The number of ether oxygens (including phenoxy) is 3. The molecule has 1 heterocycles. The molecule has 1 fully saturated rings. The Morgan fingerprint density at radius 2 is 1.62 bits per heavy atom. The number of nitrogens with zero attached hydrogens (tertiary/aromatic N) is 1. The van der Waals surface area contributed by atoms with Gasteiger partial charge in [0.15, 0.2) is 11.5 Å². The van der Waals surface area contributed by atoms with Crippen LogP contribution in [0.5, 0.6) is 11.5 Å². The number of rotatable bonds is 8. The molecule has 1 aliphatic rings. The van der Waals surface area contributed by atoms with Crippen molar-refractivity contribution in [3.05, 3.63) is 95.6 Å². The summed E-state index contributed by atoms with van der Waals surface area (Å²) >= 11 is 0. The van der Waals surface area contributed by atoms with Crippen LogP contribution in [0.3, 0.4) is 0 Å². The molecule has 0 saturated carbocycles. The van der Waals surface area contributed by atoms with E-state index in [-0.39, 0.29) is 25.0 Å². The topological polar surface area (TPSA) is 65.1 Å². The van der Waals surface area contributed by atoms with Gasteiger partial charge in [0.05, 0.1) is 19.6 Å². The third-order valence-corrected chi connectivity index (χ3v) is 5.36. The normalized spacial score (nSPS) is 15.3. The van der Waals surface area contributed by atoms with E-state index < -0.39 is 6.09 Å². The number of imide groups is 1. The molecule has 4 rings (SSSR count).